The quantitative estimate of drug-likeness (QED) is 0.668. The van der Waals surface area contributed by atoms with Crippen LogP contribution in [0.25, 0.3) is 0 Å². The van der Waals surface area contributed by atoms with Gasteiger partial charge in [-0.25, -0.2) is 9.97 Å². The largest absolute Gasteiger partial charge is 0.383 e. The van der Waals surface area contributed by atoms with E-state index in [2.05, 4.69) is 31.2 Å². The molecule has 0 fully saturated rings. The molecule has 0 aliphatic heterocycles. The first kappa shape index (κ1) is 10.7. The van der Waals surface area contributed by atoms with Gasteiger partial charge in [-0.3, -0.25) is 0 Å². The molecule has 6 heteroatoms. The summed E-state index contributed by atoms with van der Waals surface area (Å²) in [6.07, 6.45) is 1.40. The van der Waals surface area contributed by atoms with Crippen molar-refractivity contribution in [3.05, 3.63) is 16.0 Å². The molecule has 1 heterocycles. The Kier molecular flexibility index (Phi) is 4.41. The van der Waals surface area contributed by atoms with Gasteiger partial charge in [-0.05, 0) is 15.9 Å². The van der Waals surface area contributed by atoms with Gasteiger partial charge in [-0.2, -0.15) is 0 Å². The predicted octanol–water partition coefficient (Wildman–Crippen LogP) is 1.95. The topological polar surface area (TPSA) is 47.0 Å². The molecular weight excluding hydrogens is 257 g/mol. The van der Waals surface area contributed by atoms with Crippen LogP contribution < -0.4 is 5.32 Å². The zero-order chi connectivity index (χ0) is 9.68. The number of halogens is 2. The van der Waals surface area contributed by atoms with Crippen molar-refractivity contribution in [1.29, 1.82) is 0 Å². The lowest BCUT2D eigenvalue weighted by Gasteiger charge is -2.06. The van der Waals surface area contributed by atoms with Crippen LogP contribution in [0.4, 0.5) is 5.82 Å². The van der Waals surface area contributed by atoms with Gasteiger partial charge in [-0.15, -0.1) is 0 Å². The van der Waals surface area contributed by atoms with Crippen LogP contribution >= 0.6 is 27.5 Å². The van der Waals surface area contributed by atoms with Gasteiger partial charge in [0.25, 0.3) is 0 Å². The minimum Gasteiger partial charge on any atom is -0.383 e. The Hall–Kier alpha value is -0.390. The van der Waals surface area contributed by atoms with Gasteiger partial charge in [0.1, 0.15) is 17.3 Å². The van der Waals surface area contributed by atoms with E-state index in [1.54, 1.807) is 7.11 Å². The molecule has 0 aromatic carbocycles. The summed E-state index contributed by atoms with van der Waals surface area (Å²) >= 11 is 9.03. The Balaban J connectivity index is 2.61. The van der Waals surface area contributed by atoms with Crippen molar-refractivity contribution in [2.24, 2.45) is 0 Å². The first-order chi connectivity index (χ1) is 6.25. The summed E-state index contributed by atoms with van der Waals surface area (Å²) in [4.78, 5) is 7.81. The zero-order valence-electron chi connectivity index (χ0n) is 7.05. The van der Waals surface area contributed by atoms with Crippen molar-refractivity contribution < 1.29 is 4.74 Å². The highest BCUT2D eigenvalue weighted by Crippen LogP contribution is 2.25. The minimum absolute atomic E-state index is 0.398. The number of aromatic nitrogens is 2. The van der Waals surface area contributed by atoms with Crippen LogP contribution in [-0.4, -0.2) is 30.2 Å². The van der Waals surface area contributed by atoms with Crippen LogP contribution in [0.5, 0.6) is 0 Å². The highest BCUT2D eigenvalue weighted by Gasteiger charge is 2.04. The van der Waals surface area contributed by atoms with Crippen LogP contribution in [0.2, 0.25) is 5.15 Å². The van der Waals surface area contributed by atoms with E-state index in [0.717, 1.165) is 0 Å². The summed E-state index contributed by atoms with van der Waals surface area (Å²) in [6, 6.07) is 0. The lowest BCUT2D eigenvalue weighted by Crippen LogP contribution is -2.09. The predicted molar refractivity (Wildman–Crippen MR) is 55.1 cm³/mol. The van der Waals surface area contributed by atoms with E-state index in [0.29, 0.717) is 28.6 Å². The number of anilines is 1. The van der Waals surface area contributed by atoms with E-state index < -0.39 is 0 Å². The normalized spacial score (nSPS) is 10.1. The summed E-state index contributed by atoms with van der Waals surface area (Å²) < 4.78 is 5.55. The van der Waals surface area contributed by atoms with Crippen LogP contribution in [0, 0.1) is 0 Å². The number of methoxy groups -OCH3 is 1. The van der Waals surface area contributed by atoms with Gasteiger partial charge in [0, 0.05) is 13.7 Å². The van der Waals surface area contributed by atoms with Gasteiger partial charge in [0.05, 0.1) is 11.1 Å². The van der Waals surface area contributed by atoms with Crippen LogP contribution in [0.1, 0.15) is 0 Å². The number of nitrogens with zero attached hydrogens (tertiary/aromatic N) is 2. The number of rotatable bonds is 4. The van der Waals surface area contributed by atoms with E-state index in [9.17, 15) is 0 Å². The fourth-order valence-corrected chi connectivity index (χ4v) is 1.22. The molecule has 0 bridgehead atoms. The molecule has 0 atom stereocenters. The maximum absolute atomic E-state index is 5.76. The second kappa shape index (κ2) is 5.36. The maximum Gasteiger partial charge on any atom is 0.148 e. The first-order valence-electron chi connectivity index (χ1n) is 3.64. The van der Waals surface area contributed by atoms with Crippen molar-refractivity contribution >= 4 is 33.3 Å². The Morgan fingerprint density at radius 3 is 3.08 bits per heavy atom. The third-order valence-electron chi connectivity index (χ3n) is 1.35. The molecule has 1 rings (SSSR count). The van der Waals surface area contributed by atoms with E-state index in [-0.39, 0.29) is 0 Å². The molecule has 1 aromatic heterocycles. The Labute approximate surface area is 89.8 Å². The molecule has 0 spiro atoms. The lowest BCUT2D eigenvalue weighted by molar-refractivity contribution is 0.210. The van der Waals surface area contributed by atoms with Crippen molar-refractivity contribution in [2.45, 2.75) is 0 Å². The zero-order valence-corrected chi connectivity index (χ0v) is 9.39. The van der Waals surface area contributed by atoms with Crippen LogP contribution in [0.15, 0.2) is 10.8 Å². The van der Waals surface area contributed by atoms with Crippen LogP contribution in [0.3, 0.4) is 0 Å². The summed E-state index contributed by atoms with van der Waals surface area (Å²) in [5, 5.41) is 3.45. The lowest BCUT2D eigenvalue weighted by atomic mass is 10.5. The van der Waals surface area contributed by atoms with Gasteiger partial charge in [-0.1, -0.05) is 11.6 Å². The fraction of sp³-hybridized carbons (Fsp3) is 0.429. The molecule has 0 saturated heterocycles. The molecule has 1 N–H and O–H groups in total. The monoisotopic (exact) mass is 265 g/mol. The molecule has 0 radical (unpaired) electrons. The van der Waals surface area contributed by atoms with E-state index in [1.807, 2.05) is 0 Å². The van der Waals surface area contributed by atoms with Gasteiger partial charge >= 0.3 is 0 Å². The van der Waals surface area contributed by atoms with Crippen molar-refractivity contribution in [1.82, 2.24) is 9.97 Å². The second-order valence-corrected chi connectivity index (χ2v) is 3.40. The Morgan fingerprint density at radius 2 is 2.38 bits per heavy atom. The van der Waals surface area contributed by atoms with E-state index >= 15 is 0 Å². The average molecular weight is 267 g/mol. The molecule has 0 saturated carbocycles. The van der Waals surface area contributed by atoms with Gasteiger partial charge < -0.3 is 10.1 Å². The van der Waals surface area contributed by atoms with Crippen LogP contribution in [-0.2, 0) is 4.74 Å². The average Bonchev–Trinajstić information content (AvgIpc) is 2.13. The Bertz CT molecular complexity index is 284. The number of hydrogen-bond acceptors (Lipinski definition) is 4. The maximum atomic E-state index is 5.76. The first-order valence-corrected chi connectivity index (χ1v) is 4.81. The summed E-state index contributed by atoms with van der Waals surface area (Å²) in [5.41, 5.74) is 0. The number of ether oxygens (including phenoxy) is 1. The molecule has 13 heavy (non-hydrogen) atoms. The molecule has 0 unspecified atom stereocenters. The third-order valence-corrected chi connectivity index (χ3v) is 2.61. The molecule has 0 amide bonds. The molecule has 72 valence electrons. The summed E-state index contributed by atoms with van der Waals surface area (Å²) in [5.74, 6) is 0.678. The molecular formula is C7H9BrClN3O. The second-order valence-electron chi connectivity index (χ2n) is 2.25. The molecule has 0 aliphatic rings. The summed E-state index contributed by atoms with van der Waals surface area (Å²) in [6.45, 7) is 1.30. The van der Waals surface area contributed by atoms with Crippen molar-refractivity contribution in [2.75, 3.05) is 25.6 Å². The smallest absolute Gasteiger partial charge is 0.148 e. The highest BCUT2D eigenvalue weighted by molar-refractivity contribution is 9.10. The molecule has 1 aromatic rings. The van der Waals surface area contributed by atoms with Gasteiger partial charge in [0.15, 0.2) is 0 Å². The van der Waals surface area contributed by atoms with Gasteiger partial charge in [0.2, 0.25) is 0 Å². The number of hydrogen-bond donors (Lipinski definition) is 1. The molecule has 0 aliphatic carbocycles. The van der Waals surface area contributed by atoms with Crippen molar-refractivity contribution in [3.8, 4) is 0 Å². The van der Waals surface area contributed by atoms with Crippen molar-refractivity contribution in [3.63, 3.8) is 0 Å². The van der Waals surface area contributed by atoms with E-state index in [1.165, 1.54) is 6.33 Å². The highest BCUT2D eigenvalue weighted by atomic mass is 79.9. The molecule has 4 nitrogen and oxygen atoms in total. The summed E-state index contributed by atoms with van der Waals surface area (Å²) in [7, 11) is 1.64. The Morgan fingerprint density at radius 1 is 1.62 bits per heavy atom. The SMILES string of the molecule is COCCNc1ncnc(Cl)c1Br. The number of nitrogens with one attached hydrogen (secondary N) is 1. The fourth-order valence-electron chi connectivity index (χ4n) is 0.743. The third kappa shape index (κ3) is 3.10. The van der Waals surface area contributed by atoms with E-state index in [4.69, 9.17) is 16.3 Å². The minimum atomic E-state index is 0.398. The standard InChI is InChI=1S/C7H9BrClN3O/c1-13-3-2-10-7-5(8)6(9)11-4-12-7/h4H,2-3H2,1H3,(H,10,11,12).